The van der Waals surface area contributed by atoms with Gasteiger partial charge >= 0.3 is 0 Å². The van der Waals surface area contributed by atoms with Crippen molar-refractivity contribution in [2.45, 2.75) is 51.1 Å². The molecule has 25 heavy (non-hydrogen) atoms. The number of nitrogens with two attached hydrogens (primary N) is 1. The van der Waals surface area contributed by atoms with Crippen molar-refractivity contribution in [2.24, 2.45) is 11.7 Å². The van der Waals surface area contributed by atoms with Gasteiger partial charge < -0.3 is 11.1 Å². The van der Waals surface area contributed by atoms with Gasteiger partial charge in [0.15, 0.2) is 0 Å². The zero-order valence-electron chi connectivity index (χ0n) is 14.6. The zero-order valence-corrected chi connectivity index (χ0v) is 16.2. The highest BCUT2D eigenvalue weighted by Crippen LogP contribution is 2.29. The molecule has 3 nitrogen and oxygen atoms in total. The molecule has 3 atom stereocenters. The van der Waals surface area contributed by atoms with Crippen LogP contribution in [-0.4, -0.2) is 11.9 Å². The summed E-state index contributed by atoms with van der Waals surface area (Å²) in [4.78, 5) is 14.0. The van der Waals surface area contributed by atoms with Gasteiger partial charge in [0.2, 0.25) is 5.91 Å². The number of carbonyl (C=O) groups is 1. The maximum absolute atomic E-state index is 12.8. The predicted octanol–water partition coefficient (Wildman–Crippen LogP) is 4.40. The molecule has 3 unspecified atom stereocenters. The van der Waals surface area contributed by atoms with Gasteiger partial charge in [-0.25, -0.2) is 0 Å². The molecule has 1 saturated carbocycles. The molecule has 0 radical (unpaired) electrons. The van der Waals surface area contributed by atoms with E-state index < -0.39 is 0 Å². The highest BCUT2D eigenvalue weighted by molar-refractivity contribution is 7.10. The van der Waals surface area contributed by atoms with Crippen LogP contribution in [0.15, 0.2) is 41.8 Å². The molecule has 1 fully saturated rings. The fourth-order valence-electron chi connectivity index (χ4n) is 3.56. The van der Waals surface area contributed by atoms with Gasteiger partial charge in [-0.05, 0) is 55.2 Å². The summed E-state index contributed by atoms with van der Waals surface area (Å²) in [5, 5.41) is 5.42. The van der Waals surface area contributed by atoms with E-state index in [0.717, 1.165) is 32.1 Å². The molecule has 1 aromatic heterocycles. The summed E-state index contributed by atoms with van der Waals surface area (Å²) in [5.41, 5.74) is 8.56. The molecule has 1 aliphatic carbocycles. The number of aryl methyl sites for hydroxylation is 1. The van der Waals surface area contributed by atoms with Crippen LogP contribution in [0.4, 0.5) is 0 Å². The molecular weight excluding hydrogens is 352 g/mol. The van der Waals surface area contributed by atoms with Crippen molar-refractivity contribution in [1.29, 1.82) is 0 Å². The van der Waals surface area contributed by atoms with Crippen molar-refractivity contribution >= 4 is 29.7 Å². The van der Waals surface area contributed by atoms with Crippen molar-refractivity contribution in [3.8, 4) is 0 Å². The second-order valence-electron chi connectivity index (χ2n) is 6.84. The van der Waals surface area contributed by atoms with E-state index in [1.165, 1.54) is 16.0 Å². The quantitative estimate of drug-likeness (QED) is 0.810. The van der Waals surface area contributed by atoms with Crippen LogP contribution in [0.2, 0.25) is 0 Å². The van der Waals surface area contributed by atoms with Gasteiger partial charge in [0, 0.05) is 16.8 Å². The van der Waals surface area contributed by atoms with Crippen LogP contribution in [0, 0.1) is 12.8 Å². The van der Waals surface area contributed by atoms with Crippen LogP contribution < -0.4 is 11.1 Å². The first kappa shape index (κ1) is 20.0. The largest absolute Gasteiger partial charge is 0.348 e. The fourth-order valence-corrected chi connectivity index (χ4v) is 4.54. The number of halogens is 1. The molecule has 2 aromatic rings. The van der Waals surface area contributed by atoms with Crippen LogP contribution in [-0.2, 0) is 11.2 Å². The summed E-state index contributed by atoms with van der Waals surface area (Å²) < 4.78 is 0. The van der Waals surface area contributed by atoms with Crippen LogP contribution in [0.3, 0.4) is 0 Å². The first-order valence-corrected chi connectivity index (χ1v) is 9.65. The Morgan fingerprint density at radius 2 is 2.04 bits per heavy atom. The lowest BCUT2D eigenvalue weighted by atomic mass is 9.85. The summed E-state index contributed by atoms with van der Waals surface area (Å²) in [7, 11) is 0. The lowest BCUT2D eigenvalue weighted by Gasteiger charge is -2.28. The molecule has 5 heteroatoms. The van der Waals surface area contributed by atoms with E-state index in [9.17, 15) is 4.79 Å². The predicted molar refractivity (Wildman–Crippen MR) is 107 cm³/mol. The Labute approximate surface area is 160 Å². The molecule has 3 N–H and O–H groups in total. The lowest BCUT2D eigenvalue weighted by molar-refractivity contribution is -0.126. The number of thiophene rings is 1. The van der Waals surface area contributed by atoms with Crippen LogP contribution >= 0.6 is 23.7 Å². The van der Waals surface area contributed by atoms with Crippen LogP contribution in [0.25, 0.3) is 0 Å². The molecule has 1 aromatic carbocycles. The molecule has 0 bridgehead atoms. The first-order valence-electron chi connectivity index (χ1n) is 8.77. The topological polar surface area (TPSA) is 55.1 Å². The van der Waals surface area contributed by atoms with Gasteiger partial charge in [-0.2, -0.15) is 0 Å². The van der Waals surface area contributed by atoms with Crippen LogP contribution in [0.1, 0.15) is 47.7 Å². The minimum Gasteiger partial charge on any atom is -0.348 e. The summed E-state index contributed by atoms with van der Waals surface area (Å²) in [6.07, 6.45) is 4.70. The average Bonchev–Trinajstić information content (AvgIpc) is 3.01. The third-order valence-corrected chi connectivity index (χ3v) is 6.04. The number of rotatable bonds is 5. The smallest absolute Gasteiger partial charge is 0.223 e. The number of carbonyl (C=O) groups excluding carboxylic acids is 1. The van der Waals surface area contributed by atoms with Crippen molar-refractivity contribution in [3.63, 3.8) is 0 Å². The average molecular weight is 379 g/mol. The van der Waals surface area contributed by atoms with E-state index >= 15 is 0 Å². The van der Waals surface area contributed by atoms with E-state index in [1.807, 2.05) is 6.07 Å². The Bertz CT molecular complexity index is 673. The molecule has 0 aliphatic heterocycles. The minimum atomic E-state index is 0. The van der Waals surface area contributed by atoms with Crippen LogP contribution in [0.5, 0.6) is 0 Å². The minimum absolute atomic E-state index is 0. The molecule has 1 amide bonds. The second-order valence-corrected chi connectivity index (χ2v) is 7.79. The van der Waals surface area contributed by atoms with Gasteiger partial charge in [-0.1, -0.05) is 36.8 Å². The summed E-state index contributed by atoms with van der Waals surface area (Å²) >= 11 is 1.73. The van der Waals surface area contributed by atoms with E-state index in [0.29, 0.717) is 0 Å². The number of amides is 1. The molecule has 1 heterocycles. The van der Waals surface area contributed by atoms with Gasteiger partial charge in [-0.15, -0.1) is 23.7 Å². The van der Waals surface area contributed by atoms with E-state index in [4.69, 9.17) is 5.73 Å². The van der Waals surface area contributed by atoms with Crippen molar-refractivity contribution in [2.75, 3.05) is 0 Å². The van der Waals surface area contributed by atoms with Crippen molar-refractivity contribution in [1.82, 2.24) is 5.32 Å². The van der Waals surface area contributed by atoms with E-state index in [2.05, 4.69) is 48.0 Å². The first-order chi connectivity index (χ1) is 11.6. The monoisotopic (exact) mass is 378 g/mol. The van der Waals surface area contributed by atoms with E-state index in [1.54, 1.807) is 11.3 Å². The van der Waals surface area contributed by atoms with Crippen molar-refractivity contribution < 1.29 is 4.79 Å². The summed E-state index contributed by atoms with van der Waals surface area (Å²) in [6, 6.07) is 12.7. The van der Waals surface area contributed by atoms with E-state index in [-0.39, 0.29) is 36.3 Å². The van der Waals surface area contributed by atoms with Gasteiger partial charge in [0.05, 0.1) is 6.04 Å². The SMILES string of the molecule is Cc1ccsc1C(Cc1ccccc1)NC(=O)C1CCCC(N)C1.Cl. The maximum atomic E-state index is 12.8. The Balaban J connectivity index is 0.00000225. The Morgan fingerprint density at radius 3 is 2.68 bits per heavy atom. The molecule has 0 spiro atoms. The molecule has 136 valence electrons. The highest BCUT2D eigenvalue weighted by Gasteiger charge is 2.28. The Kier molecular flexibility index (Phi) is 7.48. The zero-order chi connectivity index (χ0) is 16.9. The van der Waals surface area contributed by atoms with Gasteiger partial charge in [0.25, 0.3) is 0 Å². The number of benzene rings is 1. The molecule has 0 saturated heterocycles. The number of hydrogen-bond donors (Lipinski definition) is 2. The fraction of sp³-hybridized carbons (Fsp3) is 0.450. The lowest BCUT2D eigenvalue weighted by Crippen LogP contribution is -2.39. The number of nitrogens with one attached hydrogen (secondary N) is 1. The standard InChI is InChI=1S/C20H26N2OS.ClH/c1-14-10-11-24-19(14)18(12-15-6-3-2-4-7-15)22-20(23)16-8-5-9-17(21)13-16;/h2-4,6-7,10-11,16-18H,5,8-9,12-13,21H2,1H3,(H,22,23);1H. The highest BCUT2D eigenvalue weighted by atomic mass is 35.5. The molecule has 3 rings (SSSR count). The molecule has 1 aliphatic rings. The van der Waals surface area contributed by atoms with Gasteiger partial charge in [0.1, 0.15) is 0 Å². The summed E-state index contributed by atoms with van der Waals surface area (Å²) in [6.45, 7) is 2.12. The third-order valence-electron chi connectivity index (χ3n) is 4.90. The van der Waals surface area contributed by atoms with Crippen molar-refractivity contribution in [3.05, 3.63) is 57.8 Å². The normalized spacial score (nSPS) is 21.2. The molecular formula is C20H27ClN2OS. The summed E-state index contributed by atoms with van der Waals surface area (Å²) in [5.74, 6) is 0.228. The third kappa shape index (κ3) is 5.30. The Morgan fingerprint density at radius 1 is 1.28 bits per heavy atom. The maximum Gasteiger partial charge on any atom is 0.223 e. The second kappa shape index (κ2) is 9.37. The number of hydrogen-bond acceptors (Lipinski definition) is 3. The van der Waals surface area contributed by atoms with Gasteiger partial charge in [-0.3, -0.25) is 4.79 Å². The Hall–Kier alpha value is -1.36.